The Morgan fingerprint density at radius 2 is 1.65 bits per heavy atom. The zero-order valence-electron chi connectivity index (χ0n) is 10.3. The molecule has 0 unspecified atom stereocenters. The van der Waals surface area contributed by atoms with E-state index in [-0.39, 0.29) is 10.6 Å². The van der Waals surface area contributed by atoms with Gasteiger partial charge in [0.05, 0.1) is 10.6 Å². The molecular weight excluding hydrogens is 324 g/mol. The second-order valence-electron chi connectivity index (χ2n) is 4.17. The first-order valence-electron chi connectivity index (χ1n) is 5.53. The second kappa shape index (κ2) is 5.60. The molecule has 0 atom stereocenters. The summed E-state index contributed by atoms with van der Waals surface area (Å²) in [4.78, 5) is -0.131. The van der Waals surface area contributed by atoms with Crippen LogP contribution in [0.2, 0.25) is 10.0 Å². The summed E-state index contributed by atoms with van der Waals surface area (Å²) < 4.78 is 40.0. The average molecular weight is 334 g/mol. The molecule has 1 N–H and O–H groups in total. The van der Waals surface area contributed by atoms with E-state index in [1.54, 1.807) is 6.92 Å². The molecule has 20 heavy (non-hydrogen) atoms. The molecular formula is C13H10Cl2FNO2S. The molecule has 0 spiro atoms. The normalized spacial score (nSPS) is 11.4. The van der Waals surface area contributed by atoms with Crippen molar-refractivity contribution in [3.8, 4) is 0 Å². The van der Waals surface area contributed by atoms with Crippen LogP contribution < -0.4 is 4.72 Å². The molecule has 0 radical (unpaired) electrons. The maximum absolute atomic E-state index is 13.2. The van der Waals surface area contributed by atoms with Gasteiger partial charge in [0, 0.05) is 10.0 Å². The van der Waals surface area contributed by atoms with Gasteiger partial charge >= 0.3 is 0 Å². The third-order valence-electron chi connectivity index (χ3n) is 2.55. The highest BCUT2D eigenvalue weighted by atomic mass is 35.5. The summed E-state index contributed by atoms with van der Waals surface area (Å²) in [5.41, 5.74) is 0.651. The number of sulfonamides is 1. The van der Waals surface area contributed by atoms with E-state index in [1.807, 2.05) is 0 Å². The van der Waals surface area contributed by atoms with Gasteiger partial charge in [0.15, 0.2) is 0 Å². The Morgan fingerprint density at radius 1 is 1.05 bits per heavy atom. The van der Waals surface area contributed by atoms with Crippen molar-refractivity contribution in [2.75, 3.05) is 4.72 Å². The molecule has 7 heteroatoms. The van der Waals surface area contributed by atoms with Gasteiger partial charge in [0.2, 0.25) is 0 Å². The third kappa shape index (κ3) is 3.42. The number of benzene rings is 2. The molecule has 106 valence electrons. The largest absolute Gasteiger partial charge is 0.280 e. The number of aryl methyl sites for hydroxylation is 1. The standard InChI is InChI=1S/C13H10Cl2FNO2S/c1-8-2-3-11(16)7-13(8)20(18,19)17-12-5-9(14)4-10(15)6-12/h2-7,17H,1H3. The molecule has 0 aliphatic carbocycles. The van der Waals surface area contributed by atoms with Crippen LogP contribution in [-0.2, 0) is 10.0 Å². The lowest BCUT2D eigenvalue weighted by Gasteiger charge is -2.11. The van der Waals surface area contributed by atoms with Crippen molar-refractivity contribution in [3.05, 3.63) is 57.8 Å². The molecule has 0 saturated carbocycles. The Morgan fingerprint density at radius 3 is 2.25 bits per heavy atom. The summed E-state index contributed by atoms with van der Waals surface area (Å²) in [7, 11) is -3.91. The Balaban J connectivity index is 2.43. The van der Waals surface area contributed by atoms with Crippen LogP contribution in [0.5, 0.6) is 0 Å². The number of hydrogen-bond donors (Lipinski definition) is 1. The maximum atomic E-state index is 13.2. The fourth-order valence-electron chi connectivity index (χ4n) is 1.69. The summed E-state index contributed by atoms with van der Waals surface area (Å²) in [6, 6.07) is 7.87. The van der Waals surface area contributed by atoms with Gasteiger partial charge < -0.3 is 0 Å². The fraction of sp³-hybridized carbons (Fsp3) is 0.0769. The maximum Gasteiger partial charge on any atom is 0.262 e. The van der Waals surface area contributed by atoms with Crippen LogP contribution in [0.25, 0.3) is 0 Å². The quantitative estimate of drug-likeness (QED) is 0.912. The first-order valence-corrected chi connectivity index (χ1v) is 7.77. The number of rotatable bonds is 3. The van der Waals surface area contributed by atoms with E-state index in [1.165, 1.54) is 30.3 Å². The monoisotopic (exact) mass is 333 g/mol. The van der Waals surface area contributed by atoms with Gasteiger partial charge in [0.1, 0.15) is 5.82 Å². The van der Waals surface area contributed by atoms with Gasteiger partial charge in [-0.25, -0.2) is 12.8 Å². The van der Waals surface area contributed by atoms with Gasteiger partial charge in [0.25, 0.3) is 10.0 Å². The summed E-state index contributed by atoms with van der Waals surface area (Å²) in [6.45, 7) is 1.58. The highest BCUT2D eigenvalue weighted by Gasteiger charge is 2.18. The predicted octanol–water partition coefficient (Wildman–Crippen LogP) is 4.24. The lowest BCUT2D eigenvalue weighted by atomic mass is 10.2. The molecule has 2 rings (SSSR count). The van der Waals surface area contributed by atoms with E-state index in [2.05, 4.69) is 4.72 Å². The lowest BCUT2D eigenvalue weighted by Crippen LogP contribution is -2.14. The van der Waals surface area contributed by atoms with E-state index in [4.69, 9.17) is 23.2 Å². The first kappa shape index (κ1) is 15.1. The van der Waals surface area contributed by atoms with Crippen LogP contribution in [-0.4, -0.2) is 8.42 Å². The minimum Gasteiger partial charge on any atom is -0.280 e. The van der Waals surface area contributed by atoms with Crippen LogP contribution in [0.1, 0.15) is 5.56 Å². The van der Waals surface area contributed by atoms with E-state index in [0.717, 1.165) is 6.07 Å². The molecule has 0 fully saturated rings. The Labute approximate surface area is 126 Å². The summed E-state index contributed by atoms with van der Waals surface area (Å²) in [6.07, 6.45) is 0. The highest BCUT2D eigenvalue weighted by Crippen LogP contribution is 2.25. The average Bonchev–Trinajstić information content (AvgIpc) is 2.30. The first-order chi connectivity index (χ1) is 9.28. The summed E-state index contributed by atoms with van der Waals surface area (Å²) in [5.74, 6) is -0.625. The molecule has 0 saturated heterocycles. The van der Waals surface area contributed by atoms with Gasteiger partial charge in [-0.1, -0.05) is 29.3 Å². The van der Waals surface area contributed by atoms with Crippen molar-refractivity contribution in [2.45, 2.75) is 11.8 Å². The lowest BCUT2D eigenvalue weighted by molar-refractivity contribution is 0.594. The van der Waals surface area contributed by atoms with Crippen molar-refractivity contribution in [1.29, 1.82) is 0 Å². The topological polar surface area (TPSA) is 46.2 Å². The number of anilines is 1. The van der Waals surface area contributed by atoms with E-state index < -0.39 is 15.8 Å². The van der Waals surface area contributed by atoms with Crippen molar-refractivity contribution >= 4 is 38.9 Å². The zero-order chi connectivity index (χ0) is 14.9. The summed E-state index contributed by atoms with van der Waals surface area (Å²) in [5, 5.41) is 0.595. The molecule has 0 aliphatic heterocycles. The van der Waals surface area contributed by atoms with Crippen molar-refractivity contribution in [2.24, 2.45) is 0 Å². The van der Waals surface area contributed by atoms with Crippen LogP contribution in [0.15, 0.2) is 41.3 Å². The van der Waals surface area contributed by atoms with Crippen molar-refractivity contribution in [3.63, 3.8) is 0 Å². The van der Waals surface area contributed by atoms with Crippen molar-refractivity contribution in [1.82, 2.24) is 0 Å². The Bertz CT molecular complexity index is 743. The number of nitrogens with one attached hydrogen (secondary N) is 1. The summed E-state index contributed by atoms with van der Waals surface area (Å²) >= 11 is 11.6. The highest BCUT2D eigenvalue weighted by molar-refractivity contribution is 7.92. The third-order valence-corrected chi connectivity index (χ3v) is 4.51. The van der Waals surface area contributed by atoms with Crippen LogP contribution >= 0.6 is 23.2 Å². The van der Waals surface area contributed by atoms with Gasteiger partial charge in [-0.2, -0.15) is 0 Å². The minimum atomic E-state index is -3.91. The molecule has 0 bridgehead atoms. The predicted molar refractivity (Wildman–Crippen MR) is 78.4 cm³/mol. The molecule has 0 aliphatic rings. The Kier molecular flexibility index (Phi) is 4.22. The molecule has 2 aromatic rings. The van der Waals surface area contributed by atoms with Crippen LogP contribution in [0.3, 0.4) is 0 Å². The Hall–Kier alpha value is -1.30. The second-order valence-corrected chi connectivity index (χ2v) is 6.70. The zero-order valence-corrected chi connectivity index (χ0v) is 12.7. The molecule has 3 nitrogen and oxygen atoms in total. The van der Waals surface area contributed by atoms with Gasteiger partial charge in [-0.3, -0.25) is 4.72 Å². The SMILES string of the molecule is Cc1ccc(F)cc1S(=O)(=O)Nc1cc(Cl)cc(Cl)c1. The molecule has 0 amide bonds. The van der Waals surface area contributed by atoms with E-state index >= 15 is 0 Å². The smallest absolute Gasteiger partial charge is 0.262 e. The number of halogens is 3. The molecule has 0 heterocycles. The molecule has 2 aromatic carbocycles. The molecule has 0 aromatic heterocycles. The van der Waals surface area contributed by atoms with Gasteiger partial charge in [-0.05, 0) is 42.8 Å². The fourth-order valence-corrected chi connectivity index (χ4v) is 3.51. The van der Waals surface area contributed by atoms with Crippen LogP contribution in [0, 0.1) is 12.7 Å². The van der Waals surface area contributed by atoms with Crippen molar-refractivity contribution < 1.29 is 12.8 Å². The van der Waals surface area contributed by atoms with E-state index in [9.17, 15) is 12.8 Å². The minimum absolute atomic E-state index is 0.131. The van der Waals surface area contributed by atoms with Gasteiger partial charge in [-0.15, -0.1) is 0 Å². The van der Waals surface area contributed by atoms with E-state index in [0.29, 0.717) is 15.6 Å². The number of hydrogen-bond acceptors (Lipinski definition) is 2. The van der Waals surface area contributed by atoms with Crippen LogP contribution in [0.4, 0.5) is 10.1 Å².